The Labute approximate surface area is 173 Å². The van der Waals surface area contributed by atoms with Crippen LogP contribution in [0.25, 0.3) is 0 Å². The van der Waals surface area contributed by atoms with Gasteiger partial charge in [0.1, 0.15) is 12.7 Å². The normalized spacial score (nSPS) is 17.8. The lowest BCUT2D eigenvalue weighted by atomic mass is 10.0. The molecule has 2 aromatic carbocycles. The van der Waals surface area contributed by atoms with E-state index in [9.17, 15) is 9.50 Å². The van der Waals surface area contributed by atoms with Crippen molar-refractivity contribution in [2.45, 2.75) is 51.4 Å². The second-order valence-corrected chi connectivity index (χ2v) is 8.12. The van der Waals surface area contributed by atoms with Crippen LogP contribution in [0.4, 0.5) is 4.39 Å². The van der Waals surface area contributed by atoms with Crippen LogP contribution in [0.2, 0.25) is 0 Å². The minimum absolute atomic E-state index is 0.0508. The quantitative estimate of drug-likeness (QED) is 0.642. The van der Waals surface area contributed by atoms with Crippen molar-refractivity contribution in [2.75, 3.05) is 26.3 Å². The molecule has 1 saturated heterocycles. The van der Waals surface area contributed by atoms with Gasteiger partial charge in [-0.25, -0.2) is 4.39 Å². The molecule has 1 fully saturated rings. The lowest BCUT2D eigenvalue weighted by molar-refractivity contribution is 0.0308. The summed E-state index contributed by atoms with van der Waals surface area (Å²) < 4.78 is 25.0. The molecule has 2 aromatic rings. The molecular weight excluding hydrogens is 369 g/mol. The first kappa shape index (κ1) is 21.8. The van der Waals surface area contributed by atoms with Crippen molar-refractivity contribution < 1.29 is 19.0 Å². The van der Waals surface area contributed by atoms with Gasteiger partial charge >= 0.3 is 0 Å². The second kappa shape index (κ2) is 10.7. The van der Waals surface area contributed by atoms with E-state index in [0.29, 0.717) is 12.5 Å². The maximum absolute atomic E-state index is 13.7. The molecule has 1 heterocycles. The van der Waals surface area contributed by atoms with Crippen LogP contribution in [0.3, 0.4) is 0 Å². The van der Waals surface area contributed by atoms with Gasteiger partial charge in [-0.1, -0.05) is 50.2 Å². The minimum atomic E-state index is -0.717. The molecule has 158 valence electrons. The fourth-order valence-electron chi connectivity index (χ4n) is 3.64. The number of benzene rings is 2. The number of halogens is 1. The second-order valence-electron chi connectivity index (χ2n) is 8.12. The third-order valence-electron chi connectivity index (χ3n) is 5.28. The molecule has 0 saturated carbocycles. The molecule has 29 heavy (non-hydrogen) atoms. The zero-order chi connectivity index (χ0) is 20.6. The van der Waals surface area contributed by atoms with Gasteiger partial charge < -0.3 is 14.6 Å². The molecule has 2 atom stereocenters. The van der Waals surface area contributed by atoms with Crippen molar-refractivity contribution in [3.05, 3.63) is 65.5 Å². The SMILES string of the molecule is CC(C)c1ccc(CN(CC(O)COc2ccccc2F)CC2CCCO2)cc1. The molecule has 1 aliphatic rings. The third-order valence-corrected chi connectivity index (χ3v) is 5.28. The Kier molecular flexibility index (Phi) is 8.04. The minimum Gasteiger partial charge on any atom is -0.488 e. The van der Waals surface area contributed by atoms with Crippen molar-refractivity contribution in [1.29, 1.82) is 0 Å². The summed E-state index contributed by atoms with van der Waals surface area (Å²) in [5, 5.41) is 10.5. The highest BCUT2D eigenvalue weighted by Crippen LogP contribution is 2.19. The first-order valence-corrected chi connectivity index (χ1v) is 10.5. The molecule has 1 N–H and O–H groups in total. The van der Waals surface area contributed by atoms with Crippen LogP contribution >= 0.6 is 0 Å². The molecule has 0 aromatic heterocycles. The number of aliphatic hydroxyl groups excluding tert-OH is 1. The van der Waals surface area contributed by atoms with E-state index in [0.717, 1.165) is 32.5 Å². The summed E-state index contributed by atoms with van der Waals surface area (Å²) in [5.74, 6) is 0.257. The fraction of sp³-hybridized carbons (Fsp3) is 0.500. The van der Waals surface area contributed by atoms with Gasteiger partial charge in [0.05, 0.1) is 6.10 Å². The van der Waals surface area contributed by atoms with Gasteiger partial charge in [0, 0.05) is 26.2 Å². The predicted octanol–water partition coefficient (Wildman–Crippen LogP) is 4.37. The topological polar surface area (TPSA) is 41.9 Å². The number of ether oxygens (including phenoxy) is 2. The van der Waals surface area contributed by atoms with Crippen LogP contribution in [-0.4, -0.2) is 48.5 Å². The van der Waals surface area contributed by atoms with Crippen molar-refractivity contribution in [1.82, 2.24) is 4.90 Å². The van der Waals surface area contributed by atoms with Crippen molar-refractivity contribution in [2.24, 2.45) is 0 Å². The van der Waals surface area contributed by atoms with Gasteiger partial charge in [-0.15, -0.1) is 0 Å². The van der Waals surface area contributed by atoms with Gasteiger partial charge in [0.25, 0.3) is 0 Å². The predicted molar refractivity (Wildman–Crippen MR) is 113 cm³/mol. The largest absolute Gasteiger partial charge is 0.488 e. The van der Waals surface area contributed by atoms with Crippen molar-refractivity contribution >= 4 is 0 Å². The van der Waals surface area contributed by atoms with Crippen molar-refractivity contribution in [3.63, 3.8) is 0 Å². The Morgan fingerprint density at radius 1 is 1.17 bits per heavy atom. The molecule has 4 nitrogen and oxygen atoms in total. The molecule has 0 bridgehead atoms. The molecule has 1 aliphatic heterocycles. The number of rotatable bonds is 10. The van der Waals surface area contributed by atoms with Gasteiger partial charge in [-0.2, -0.15) is 0 Å². The first-order valence-electron chi connectivity index (χ1n) is 10.5. The lowest BCUT2D eigenvalue weighted by Crippen LogP contribution is -2.39. The maximum atomic E-state index is 13.7. The summed E-state index contributed by atoms with van der Waals surface area (Å²) in [4.78, 5) is 2.20. The Hall–Kier alpha value is -1.95. The summed E-state index contributed by atoms with van der Waals surface area (Å²) in [5.41, 5.74) is 2.52. The number of aliphatic hydroxyl groups is 1. The van der Waals surface area contributed by atoms with E-state index in [4.69, 9.17) is 9.47 Å². The molecule has 0 radical (unpaired) electrons. The van der Waals surface area contributed by atoms with Crippen LogP contribution in [0.1, 0.15) is 43.7 Å². The molecule has 0 amide bonds. The smallest absolute Gasteiger partial charge is 0.165 e. The molecule has 2 unspecified atom stereocenters. The standard InChI is InChI=1S/C24H32FNO3/c1-18(2)20-11-9-19(10-12-20)14-26(16-22-6-5-13-28-22)15-21(27)17-29-24-8-4-3-7-23(24)25/h3-4,7-12,18,21-22,27H,5-6,13-17H2,1-2H3. The van der Waals surface area contributed by atoms with E-state index in [1.807, 2.05) is 0 Å². The van der Waals surface area contributed by atoms with E-state index >= 15 is 0 Å². The molecule has 0 aliphatic carbocycles. The summed E-state index contributed by atoms with van der Waals surface area (Å²) >= 11 is 0. The van der Waals surface area contributed by atoms with Crippen molar-refractivity contribution in [3.8, 4) is 5.75 Å². The van der Waals surface area contributed by atoms with Gasteiger partial charge in [0.15, 0.2) is 11.6 Å². The Morgan fingerprint density at radius 2 is 1.93 bits per heavy atom. The maximum Gasteiger partial charge on any atom is 0.165 e. The Morgan fingerprint density at radius 3 is 2.59 bits per heavy atom. The van der Waals surface area contributed by atoms with E-state index in [1.165, 1.54) is 17.2 Å². The van der Waals surface area contributed by atoms with Crippen LogP contribution < -0.4 is 4.74 Å². The summed E-state index contributed by atoms with van der Waals surface area (Å²) in [6.07, 6.45) is 1.61. The van der Waals surface area contributed by atoms with Crippen LogP contribution in [0.5, 0.6) is 5.75 Å². The number of hydrogen-bond acceptors (Lipinski definition) is 4. The summed E-state index contributed by atoms with van der Waals surface area (Å²) in [7, 11) is 0. The van der Waals surface area contributed by atoms with Gasteiger partial charge in [-0.05, 0) is 42.0 Å². The highest BCUT2D eigenvalue weighted by atomic mass is 19.1. The monoisotopic (exact) mass is 401 g/mol. The average Bonchev–Trinajstić information content (AvgIpc) is 3.21. The summed E-state index contributed by atoms with van der Waals surface area (Å²) in [6, 6.07) is 14.9. The molecule has 3 rings (SSSR count). The molecule has 5 heteroatoms. The highest BCUT2D eigenvalue weighted by molar-refractivity contribution is 5.25. The Balaban J connectivity index is 1.59. The van der Waals surface area contributed by atoms with E-state index in [1.54, 1.807) is 18.2 Å². The fourth-order valence-corrected chi connectivity index (χ4v) is 3.64. The van der Waals surface area contributed by atoms with E-state index < -0.39 is 11.9 Å². The average molecular weight is 402 g/mol. The van der Waals surface area contributed by atoms with Gasteiger partial charge in [0.2, 0.25) is 0 Å². The van der Waals surface area contributed by atoms with Gasteiger partial charge in [-0.3, -0.25) is 4.90 Å². The van der Waals surface area contributed by atoms with Crippen LogP contribution in [0.15, 0.2) is 48.5 Å². The van der Waals surface area contributed by atoms with E-state index in [2.05, 4.69) is 43.0 Å². The molecular formula is C24H32FNO3. The van der Waals surface area contributed by atoms with Crippen LogP contribution in [-0.2, 0) is 11.3 Å². The van der Waals surface area contributed by atoms with E-state index in [-0.39, 0.29) is 18.5 Å². The van der Waals surface area contributed by atoms with Crippen LogP contribution in [0, 0.1) is 5.82 Å². The zero-order valence-electron chi connectivity index (χ0n) is 17.4. The third kappa shape index (κ3) is 6.81. The number of para-hydroxylation sites is 1. The first-order chi connectivity index (χ1) is 14.0. The number of hydrogen-bond donors (Lipinski definition) is 1. The lowest BCUT2D eigenvalue weighted by Gasteiger charge is -2.27. The zero-order valence-corrected chi connectivity index (χ0v) is 17.4. The highest BCUT2D eigenvalue weighted by Gasteiger charge is 2.21. The molecule has 0 spiro atoms. The Bertz CT molecular complexity index is 744. The summed E-state index contributed by atoms with van der Waals surface area (Å²) in [6.45, 7) is 7.17. The number of nitrogens with zero attached hydrogens (tertiary/aromatic N) is 1.